The molecule has 0 atom stereocenters. The van der Waals surface area contributed by atoms with Gasteiger partial charge in [0, 0.05) is 11.6 Å². The number of hydrogen-bond donors (Lipinski definition) is 1. The molecular formula is C19H18N2O3. The minimum Gasteiger partial charge on any atom is -0.483 e. The molecule has 0 bridgehead atoms. The highest BCUT2D eigenvalue weighted by atomic mass is 16.5. The van der Waals surface area contributed by atoms with Gasteiger partial charge in [-0.1, -0.05) is 36.4 Å². The number of primary amides is 1. The zero-order chi connectivity index (χ0) is 17.3. The summed E-state index contributed by atoms with van der Waals surface area (Å²) in [5.74, 6) is -0.118. The summed E-state index contributed by atoms with van der Waals surface area (Å²) >= 11 is 0. The highest BCUT2D eigenvalue weighted by molar-refractivity contribution is 6.08. The Labute approximate surface area is 139 Å². The number of carbonyl (C=O) groups excluding carboxylic acids is 2. The van der Waals surface area contributed by atoms with Crippen LogP contribution >= 0.6 is 0 Å². The van der Waals surface area contributed by atoms with Crippen LogP contribution in [0.5, 0.6) is 5.75 Å². The zero-order valence-corrected chi connectivity index (χ0v) is 13.6. The lowest BCUT2D eigenvalue weighted by molar-refractivity contribution is 0.0842. The van der Waals surface area contributed by atoms with Crippen LogP contribution in [0.2, 0.25) is 0 Å². The monoisotopic (exact) mass is 322 g/mol. The van der Waals surface area contributed by atoms with E-state index in [1.807, 2.05) is 38.1 Å². The number of carbonyl (C=O) groups is 2. The lowest BCUT2D eigenvalue weighted by Crippen LogP contribution is -2.19. The van der Waals surface area contributed by atoms with Crippen molar-refractivity contribution in [1.29, 1.82) is 0 Å². The molecule has 1 amide bonds. The quantitative estimate of drug-likeness (QED) is 0.802. The Kier molecular flexibility index (Phi) is 4.08. The van der Waals surface area contributed by atoms with E-state index in [1.54, 1.807) is 18.2 Å². The first-order chi connectivity index (χ1) is 11.5. The van der Waals surface area contributed by atoms with Gasteiger partial charge in [0.1, 0.15) is 5.75 Å². The van der Waals surface area contributed by atoms with Gasteiger partial charge < -0.3 is 10.5 Å². The third kappa shape index (κ3) is 2.76. The second-order valence-corrected chi connectivity index (χ2v) is 5.70. The van der Waals surface area contributed by atoms with Crippen LogP contribution in [0.3, 0.4) is 0 Å². The van der Waals surface area contributed by atoms with Gasteiger partial charge in [-0.15, -0.1) is 0 Å². The summed E-state index contributed by atoms with van der Waals surface area (Å²) in [7, 11) is 0. The maximum atomic E-state index is 12.6. The summed E-state index contributed by atoms with van der Waals surface area (Å²) in [6.07, 6.45) is 1.48. The van der Waals surface area contributed by atoms with Gasteiger partial charge in [0.25, 0.3) is 11.8 Å². The van der Waals surface area contributed by atoms with Crippen LogP contribution in [-0.4, -0.2) is 23.0 Å². The Bertz CT molecular complexity index is 921. The molecule has 0 aliphatic carbocycles. The summed E-state index contributed by atoms with van der Waals surface area (Å²) in [6, 6.07) is 13.0. The highest BCUT2D eigenvalue weighted by Crippen LogP contribution is 2.24. The first kappa shape index (κ1) is 15.8. The number of benzene rings is 2. The van der Waals surface area contributed by atoms with Crippen molar-refractivity contribution in [3.05, 3.63) is 65.4 Å². The third-order valence-corrected chi connectivity index (χ3v) is 3.99. The van der Waals surface area contributed by atoms with E-state index < -0.39 is 5.91 Å². The van der Waals surface area contributed by atoms with Crippen LogP contribution in [-0.2, 0) is 0 Å². The lowest BCUT2D eigenvalue weighted by Gasteiger charge is -2.11. The Morgan fingerprint density at radius 1 is 1.04 bits per heavy atom. The Balaban J connectivity index is 1.91. The molecule has 2 aromatic carbocycles. The number of rotatable bonds is 4. The number of fused-ring (bicyclic) bond motifs is 1. The molecule has 5 heteroatoms. The molecule has 2 N–H and O–H groups in total. The van der Waals surface area contributed by atoms with E-state index in [-0.39, 0.29) is 12.5 Å². The molecule has 24 heavy (non-hydrogen) atoms. The van der Waals surface area contributed by atoms with Crippen molar-refractivity contribution in [3.8, 4) is 5.75 Å². The van der Waals surface area contributed by atoms with Gasteiger partial charge in [0.2, 0.25) is 0 Å². The van der Waals surface area contributed by atoms with Crippen molar-refractivity contribution in [3.63, 3.8) is 0 Å². The molecule has 1 aromatic heterocycles. The van der Waals surface area contributed by atoms with E-state index >= 15 is 0 Å². The summed E-state index contributed by atoms with van der Waals surface area (Å²) in [5.41, 5.74) is 8.31. The van der Waals surface area contributed by atoms with Crippen molar-refractivity contribution < 1.29 is 14.3 Å². The lowest BCUT2D eigenvalue weighted by atomic mass is 10.1. The van der Waals surface area contributed by atoms with E-state index in [4.69, 9.17) is 10.5 Å². The van der Waals surface area contributed by atoms with Crippen molar-refractivity contribution >= 4 is 22.7 Å². The minimum absolute atomic E-state index is 0.122. The molecule has 3 aromatic rings. The fourth-order valence-electron chi connectivity index (χ4n) is 2.81. The SMILES string of the molecule is Cc1cccc(C)c1OCC(=O)n1cc(C(N)=O)c2ccccc21. The van der Waals surface area contributed by atoms with Crippen LogP contribution in [0.1, 0.15) is 26.3 Å². The highest BCUT2D eigenvalue weighted by Gasteiger charge is 2.17. The predicted molar refractivity (Wildman–Crippen MR) is 92.5 cm³/mol. The second-order valence-electron chi connectivity index (χ2n) is 5.70. The molecule has 122 valence electrons. The number of aryl methyl sites for hydroxylation is 2. The fraction of sp³-hybridized carbons (Fsp3) is 0.158. The molecule has 0 aliphatic heterocycles. The molecule has 5 nitrogen and oxygen atoms in total. The van der Waals surface area contributed by atoms with Crippen LogP contribution in [0.4, 0.5) is 0 Å². The van der Waals surface area contributed by atoms with Crippen molar-refractivity contribution in [2.24, 2.45) is 5.73 Å². The van der Waals surface area contributed by atoms with Gasteiger partial charge in [-0.05, 0) is 31.0 Å². The summed E-state index contributed by atoms with van der Waals surface area (Å²) < 4.78 is 7.14. The molecule has 3 rings (SSSR count). The summed E-state index contributed by atoms with van der Waals surface area (Å²) in [4.78, 5) is 24.2. The normalized spacial score (nSPS) is 10.8. The number of ether oxygens (including phenoxy) is 1. The van der Waals surface area contributed by atoms with Crippen molar-refractivity contribution in [2.75, 3.05) is 6.61 Å². The predicted octanol–water partition coefficient (Wildman–Crippen LogP) is 3.08. The minimum atomic E-state index is -0.562. The Morgan fingerprint density at radius 3 is 2.38 bits per heavy atom. The average Bonchev–Trinajstić information content (AvgIpc) is 2.94. The molecule has 0 aliphatic rings. The van der Waals surface area contributed by atoms with E-state index in [2.05, 4.69) is 0 Å². The van der Waals surface area contributed by atoms with E-state index in [9.17, 15) is 9.59 Å². The molecule has 0 unspecified atom stereocenters. The van der Waals surface area contributed by atoms with Gasteiger partial charge in [-0.2, -0.15) is 0 Å². The molecule has 0 spiro atoms. The van der Waals surface area contributed by atoms with E-state index in [1.165, 1.54) is 10.8 Å². The number of amides is 1. The second kappa shape index (κ2) is 6.20. The standard InChI is InChI=1S/C19H18N2O3/c1-12-6-5-7-13(2)18(12)24-11-17(22)21-10-15(19(20)23)14-8-3-4-9-16(14)21/h3-10H,11H2,1-2H3,(H2,20,23). The summed E-state index contributed by atoms with van der Waals surface area (Å²) in [5, 5.41) is 0.658. The van der Waals surface area contributed by atoms with Gasteiger partial charge in [-0.3, -0.25) is 14.2 Å². The molecular weight excluding hydrogens is 304 g/mol. The maximum Gasteiger partial charge on any atom is 0.269 e. The first-order valence-corrected chi connectivity index (χ1v) is 7.61. The molecule has 0 saturated carbocycles. The van der Waals surface area contributed by atoms with E-state index in [0.717, 1.165) is 11.1 Å². The van der Waals surface area contributed by atoms with Gasteiger partial charge in [0.15, 0.2) is 6.61 Å². The maximum absolute atomic E-state index is 12.6. The molecule has 0 radical (unpaired) electrons. The number of para-hydroxylation sites is 2. The van der Waals surface area contributed by atoms with Gasteiger partial charge in [-0.25, -0.2) is 0 Å². The Hall–Kier alpha value is -3.08. The number of nitrogens with two attached hydrogens (primary N) is 1. The van der Waals surface area contributed by atoms with Crippen LogP contribution in [0.25, 0.3) is 10.9 Å². The first-order valence-electron chi connectivity index (χ1n) is 7.61. The molecule has 1 heterocycles. The zero-order valence-electron chi connectivity index (χ0n) is 13.6. The van der Waals surface area contributed by atoms with E-state index in [0.29, 0.717) is 22.2 Å². The van der Waals surface area contributed by atoms with Crippen LogP contribution in [0.15, 0.2) is 48.7 Å². The Morgan fingerprint density at radius 2 is 1.71 bits per heavy atom. The van der Waals surface area contributed by atoms with Crippen LogP contribution < -0.4 is 10.5 Å². The summed E-state index contributed by atoms with van der Waals surface area (Å²) in [6.45, 7) is 3.74. The molecule has 0 fully saturated rings. The van der Waals surface area contributed by atoms with Crippen LogP contribution in [0, 0.1) is 13.8 Å². The average molecular weight is 322 g/mol. The number of aromatic nitrogens is 1. The largest absolute Gasteiger partial charge is 0.483 e. The molecule has 0 saturated heterocycles. The topological polar surface area (TPSA) is 74.3 Å². The smallest absolute Gasteiger partial charge is 0.269 e. The fourth-order valence-corrected chi connectivity index (χ4v) is 2.81. The van der Waals surface area contributed by atoms with Gasteiger partial charge >= 0.3 is 0 Å². The number of nitrogens with zero attached hydrogens (tertiary/aromatic N) is 1. The van der Waals surface area contributed by atoms with Crippen molar-refractivity contribution in [1.82, 2.24) is 4.57 Å². The number of hydrogen-bond acceptors (Lipinski definition) is 3. The van der Waals surface area contributed by atoms with Gasteiger partial charge in [0.05, 0.1) is 11.1 Å². The van der Waals surface area contributed by atoms with Crippen molar-refractivity contribution in [2.45, 2.75) is 13.8 Å². The third-order valence-electron chi connectivity index (χ3n) is 3.99.